The maximum atomic E-state index is 12.2. The van der Waals surface area contributed by atoms with Gasteiger partial charge in [-0.2, -0.15) is 0 Å². The number of anilines is 1. The number of piperidine rings is 1. The zero-order valence-corrected chi connectivity index (χ0v) is 10.5. The molecule has 1 aromatic rings. The molecule has 0 spiro atoms. The lowest BCUT2D eigenvalue weighted by Crippen LogP contribution is -2.33. The number of carbonyl (C=O) groups excluding carboxylic acids is 1. The number of fused-ring (bicyclic) bond motifs is 1. The van der Waals surface area contributed by atoms with Crippen LogP contribution >= 0.6 is 0 Å². The van der Waals surface area contributed by atoms with Crippen molar-refractivity contribution in [3.8, 4) is 5.75 Å². The number of hydrogen-bond donors (Lipinski definition) is 2. The first-order valence-electron chi connectivity index (χ1n) is 6.49. The Hall–Kier alpha value is -1.55. The van der Waals surface area contributed by atoms with Gasteiger partial charge in [-0.1, -0.05) is 12.1 Å². The van der Waals surface area contributed by atoms with Gasteiger partial charge in [0.05, 0.1) is 18.7 Å². The fraction of sp³-hybridized carbons (Fsp3) is 0.500. The van der Waals surface area contributed by atoms with E-state index in [1.165, 1.54) is 0 Å². The molecular weight excluding hydrogens is 228 g/mol. The Morgan fingerprint density at radius 1 is 1.28 bits per heavy atom. The van der Waals surface area contributed by atoms with Crippen molar-refractivity contribution in [2.75, 3.05) is 25.5 Å². The predicted octanol–water partition coefficient (Wildman–Crippen LogP) is 1.73. The minimum Gasteiger partial charge on any atom is -0.495 e. The van der Waals surface area contributed by atoms with Crippen LogP contribution in [-0.2, 0) is 4.79 Å². The lowest BCUT2D eigenvalue weighted by atomic mass is 9.81. The summed E-state index contributed by atoms with van der Waals surface area (Å²) in [5.41, 5.74) is 1.97. The van der Waals surface area contributed by atoms with Crippen LogP contribution in [0.15, 0.2) is 18.2 Å². The molecule has 1 aromatic carbocycles. The van der Waals surface area contributed by atoms with E-state index in [2.05, 4.69) is 10.6 Å². The van der Waals surface area contributed by atoms with Gasteiger partial charge in [-0.25, -0.2) is 0 Å². The second-order valence-corrected chi connectivity index (χ2v) is 4.98. The Morgan fingerprint density at radius 3 is 2.78 bits per heavy atom. The summed E-state index contributed by atoms with van der Waals surface area (Å²) in [5, 5.41) is 6.32. The first kappa shape index (κ1) is 11.5. The van der Waals surface area contributed by atoms with E-state index in [9.17, 15) is 4.79 Å². The van der Waals surface area contributed by atoms with Gasteiger partial charge in [0.1, 0.15) is 5.75 Å². The van der Waals surface area contributed by atoms with Crippen molar-refractivity contribution in [2.45, 2.75) is 18.8 Å². The molecule has 2 aliphatic heterocycles. The van der Waals surface area contributed by atoms with Crippen molar-refractivity contribution >= 4 is 11.6 Å². The summed E-state index contributed by atoms with van der Waals surface area (Å²) in [5.74, 6) is 1.33. The molecule has 1 atom stereocenters. The standard InChI is InChI=1S/C14H18N2O2/c1-18-11-4-2-3-10-12(14(17)16-13(10)11)9-5-7-15-8-6-9/h2-4,9,12,15H,5-8H2,1H3,(H,16,17). The SMILES string of the molecule is COc1cccc2c1NC(=O)C2C1CCNCC1. The lowest BCUT2D eigenvalue weighted by Gasteiger charge is -2.26. The monoisotopic (exact) mass is 246 g/mol. The molecule has 2 aliphatic rings. The van der Waals surface area contributed by atoms with Gasteiger partial charge in [0.2, 0.25) is 5.91 Å². The van der Waals surface area contributed by atoms with Gasteiger partial charge in [0, 0.05) is 0 Å². The average Bonchev–Trinajstić information content (AvgIpc) is 2.75. The van der Waals surface area contributed by atoms with Crippen LogP contribution in [0.2, 0.25) is 0 Å². The molecule has 4 heteroatoms. The highest BCUT2D eigenvalue weighted by molar-refractivity contribution is 6.04. The Balaban J connectivity index is 1.96. The second kappa shape index (κ2) is 4.61. The summed E-state index contributed by atoms with van der Waals surface area (Å²) in [7, 11) is 1.64. The van der Waals surface area contributed by atoms with Crippen LogP contribution in [0.25, 0.3) is 0 Å². The van der Waals surface area contributed by atoms with E-state index in [0.717, 1.165) is 42.9 Å². The summed E-state index contributed by atoms with van der Waals surface area (Å²) in [6.45, 7) is 2.02. The number of rotatable bonds is 2. The summed E-state index contributed by atoms with van der Waals surface area (Å²) in [6, 6.07) is 5.90. The van der Waals surface area contributed by atoms with Crippen LogP contribution in [0.4, 0.5) is 5.69 Å². The molecule has 2 N–H and O–H groups in total. The highest BCUT2D eigenvalue weighted by Gasteiger charge is 2.38. The van der Waals surface area contributed by atoms with Crippen LogP contribution in [0, 0.1) is 5.92 Å². The van der Waals surface area contributed by atoms with Crippen LogP contribution in [0.1, 0.15) is 24.3 Å². The molecule has 1 fully saturated rings. The fourth-order valence-electron chi connectivity index (χ4n) is 3.10. The van der Waals surface area contributed by atoms with Gasteiger partial charge in [0.25, 0.3) is 0 Å². The van der Waals surface area contributed by atoms with Gasteiger partial charge in [-0.15, -0.1) is 0 Å². The molecular formula is C14H18N2O2. The quantitative estimate of drug-likeness (QED) is 0.835. The minimum absolute atomic E-state index is 0.00259. The normalized spacial score (nSPS) is 23.6. The number of methoxy groups -OCH3 is 1. The molecule has 0 bridgehead atoms. The molecule has 4 nitrogen and oxygen atoms in total. The zero-order chi connectivity index (χ0) is 12.5. The topological polar surface area (TPSA) is 50.4 Å². The Bertz CT molecular complexity index is 467. The molecule has 0 aliphatic carbocycles. The van der Waals surface area contributed by atoms with E-state index < -0.39 is 0 Å². The first-order valence-corrected chi connectivity index (χ1v) is 6.49. The summed E-state index contributed by atoms with van der Waals surface area (Å²) in [4.78, 5) is 12.2. The van der Waals surface area contributed by atoms with E-state index in [0.29, 0.717) is 5.92 Å². The number of hydrogen-bond acceptors (Lipinski definition) is 3. The molecule has 1 saturated heterocycles. The first-order chi connectivity index (χ1) is 8.81. The fourth-order valence-corrected chi connectivity index (χ4v) is 3.10. The number of benzene rings is 1. The number of ether oxygens (including phenoxy) is 1. The van der Waals surface area contributed by atoms with Gasteiger partial charge < -0.3 is 15.4 Å². The van der Waals surface area contributed by atoms with Crippen LogP contribution < -0.4 is 15.4 Å². The third-order valence-corrected chi connectivity index (χ3v) is 4.00. The van der Waals surface area contributed by atoms with Crippen molar-refractivity contribution in [3.05, 3.63) is 23.8 Å². The maximum Gasteiger partial charge on any atom is 0.232 e. The van der Waals surface area contributed by atoms with Crippen molar-refractivity contribution < 1.29 is 9.53 Å². The maximum absolute atomic E-state index is 12.2. The van der Waals surface area contributed by atoms with Crippen LogP contribution in [0.3, 0.4) is 0 Å². The van der Waals surface area contributed by atoms with Crippen molar-refractivity contribution in [2.24, 2.45) is 5.92 Å². The van der Waals surface area contributed by atoms with E-state index in [4.69, 9.17) is 4.74 Å². The Kier molecular flexibility index (Phi) is 2.96. The average molecular weight is 246 g/mol. The molecule has 96 valence electrons. The summed E-state index contributed by atoms with van der Waals surface area (Å²) in [6.07, 6.45) is 2.13. The lowest BCUT2D eigenvalue weighted by molar-refractivity contribution is -0.118. The largest absolute Gasteiger partial charge is 0.495 e. The molecule has 3 rings (SSSR count). The van der Waals surface area contributed by atoms with Gasteiger partial charge in [0.15, 0.2) is 0 Å². The summed E-state index contributed by atoms with van der Waals surface area (Å²) >= 11 is 0. The molecule has 0 radical (unpaired) electrons. The van der Waals surface area contributed by atoms with Gasteiger partial charge in [-0.05, 0) is 43.5 Å². The number of amides is 1. The second-order valence-electron chi connectivity index (χ2n) is 4.98. The third kappa shape index (κ3) is 1.77. The van der Waals surface area contributed by atoms with Gasteiger partial charge >= 0.3 is 0 Å². The van der Waals surface area contributed by atoms with Crippen LogP contribution in [0.5, 0.6) is 5.75 Å². The summed E-state index contributed by atoms with van der Waals surface area (Å²) < 4.78 is 5.31. The number of para-hydroxylation sites is 1. The number of nitrogens with one attached hydrogen (secondary N) is 2. The molecule has 0 aromatic heterocycles. The minimum atomic E-state index is -0.00259. The van der Waals surface area contributed by atoms with E-state index in [1.807, 2.05) is 18.2 Å². The van der Waals surface area contributed by atoms with E-state index >= 15 is 0 Å². The van der Waals surface area contributed by atoms with Gasteiger partial charge in [-0.3, -0.25) is 4.79 Å². The molecule has 1 amide bonds. The Labute approximate surface area is 107 Å². The predicted molar refractivity (Wildman–Crippen MR) is 70.0 cm³/mol. The highest BCUT2D eigenvalue weighted by Crippen LogP contribution is 2.44. The number of carbonyl (C=O) groups is 1. The highest BCUT2D eigenvalue weighted by atomic mass is 16.5. The zero-order valence-electron chi connectivity index (χ0n) is 10.5. The van der Waals surface area contributed by atoms with E-state index in [-0.39, 0.29) is 11.8 Å². The van der Waals surface area contributed by atoms with E-state index in [1.54, 1.807) is 7.11 Å². The molecule has 2 heterocycles. The van der Waals surface area contributed by atoms with Crippen molar-refractivity contribution in [3.63, 3.8) is 0 Å². The van der Waals surface area contributed by atoms with Crippen LogP contribution in [-0.4, -0.2) is 26.1 Å². The van der Waals surface area contributed by atoms with Crippen molar-refractivity contribution in [1.82, 2.24) is 5.32 Å². The molecule has 0 saturated carbocycles. The van der Waals surface area contributed by atoms with Crippen molar-refractivity contribution in [1.29, 1.82) is 0 Å². The molecule has 18 heavy (non-hydrogen) atoms. The third-order valence-electron chi connectivity index (χ3n) is 4.00. The smallest absolute Gasteiger partial charge is 0.232 e. The molecule has 1 unspecified atom stereocenters. The Morgan fingerprint density at radius 2 is 2.06 bits per heavy atom.